The lowest BCUT2D eigenvalue weighted by atomic mass is 9.94. The molecule has 0 spiro atoms. The van der Waals surface area contributed by atoms with Crippen LogP contribution in [0.4, 0.5) is 19.7 Å². The summed E-state index contributed by atoms with van der Waals surface area (Å²) >= 11 is 0.963. The summed E-state index contributed by atoms with van der Waals surface area (Å²) in [5, 5.41) is 10.8. The molecule has 0 amide bonds. The third-order valence-corrected chi connectivity index (χ3v) is 9.59. The number of aromatic nitrogens is 3. The predicted octanol–water partition coefficient (Wildman–Crippen LogP) is 5.12. The normalized spacial score (nSPS) is 21.6. The van der Waals surface area contributed by atoms with Crippen molar-refractivity contribution in [2.45, 2.75) is 57.9 Å². The van der Waals surface area contributed by atoms with Gasteiger partial charge in [0.05, 0.1) is 35.4 Å². The van der Waals surface area contributed by atoms with Crippen LogP contribution < -0.4 is 10.6 Å². The van der Waals surface area contributed by atoms with E-state index < -0.39 is 11.6 Å². The first kappa shape index (κ1) is 24.6. The topological polar surface area (TPSA) is 104 Å². The second-order valence-corrected chi connectivity index (χ2v) is 11.6. The molecular formula is C28H27F2N7OS. The number of likely N-dealkylation sites (tertiary alicyclic amines) is 1. The van der Waals surface area contributed by atoms with E-state index in [9.17, 15) is 9.65 Å². The number of thiophene rings is 1. The highest BCUT2D eigenvalue weighted by Gasteiger charge is 2.37. The molecule has 2 fully saturated rings. The molecule has 0 bridgehead atoms. The SMILES string of the molecule is C[C@H]1[C@@H](N2CCCCC2)CCN1c1ncc2c3c(c(-c4ncc(F)c5sc(N)c(C#N)c45)c(F)c2n1)COC3. The summed E-state index contributed by atoms with van der Waals surface area (Å²) in [4.78, 5) is 18.5. The monoisotopic (exact) mass is 547 g/mol. The molecule has 2 saturated heterocycles. The number of nitriles is 1. The zero-order chi connectivity index (χ0) is 26.8. The highest BCUT2D eigenvalue weighted by Crippen LogP contribution is 2.45. The highest BCUT2D eigenvalue weighted by molar-refractivity contribution is 7.23. The number of hydrogen-bond acceptors (Lipinski definition) is 9. The Balaban J connectivity index is 1.38. The smallest absolute Gasteiger partial charge is 0.226 e. The van der Waals surface area contributed by atoms with Crippen molar-refractivity contribution in [2.24, 2.45) is 0 Å². The maximum atomic E-state index is 16.6. The molecular weight excluding hydrogens is 520 g/mol. The van der Waals surface area contributed by atoms with Crippen LogP contribution in [0.25, 0.3) is 32.2 Å². The van der Waals surface area contributed by atoms with Gasteiger partial charge in [-0.3, -0.25) is 9.88 Å². The van der Waals surface area contributed by atoms with Crippen LogP contribution in [0, 0.1) is 23.0 Å². The summed E-state index contributed by atoms with van der Waals surface area (Å²) < 4.78 is 37.2. The quantitative estimate of drug-likeness (QED) is 0.377. The Morgan fingerprint density at radius 2 is 1.90 bits per heavy atom. The number of nitrogens with zero attached hydrogens (tertiary/aromatic N) is 6. The van der Waals surface area contributed by atoms with Crippen LogP contribution in [0.3, 0.4) is 0 Å². The molecule has 3 aliphatic rings. The molecule has 3 aliphatic heterocycles. The van der Waals surface area contributed by atoms with E-state index in [0.717, 1.165) is 49.2 Å². The van der Waals surface area contributed by atoms with Crippen molar-refractivity contribution >= 4 is 43.3 Å². The number of halogens is 2. The van der Waals surface area contributed by atoms with Gasteiger partial charge in [-0.15, -0.1) is 11.3 Å². The molecule has 39 heavy (non-hydrogen) atoms. The van der Waals surface area contributed by atoms with E-state index in [4.69, 9.17) is 15.5 Å². The molecule has 11 heteroatoms. The largest absolute Gasteiger partial charge is 0.389 e. The van der Waals surface area contributed by atoms with Crippen LogP contribution >= 0.6 is 11.3 Å². The average Bonchev–Trinajstić information content (AvgIpc) is 3.67. The average molecular weight is 548 g/mol. The van der Waals surface area contributed by atoms with Crippen molar-refractivity contribution in [1.29, 1.82) is 5.26 Å². The minimum atomic E-state index is -0.600. The van der Waals surface area contributed by atoms with Crippen LogP contribution in [0.2, 0.25) is 0 Å². The Morgan fingerprint density at radius 1 is 1.10 bits per heavy atom. The third-order valence-electron chi connectivity index (χ3n) is 8.56. The lowest BCUT2D eigenvalue weighted by Crippen LogP contribution is -2.46. The van der Waals surface area contributed by atoms with Crippen LogP contribution in [-0.2, 0) is 18.0 Å². The number of ether oxygens (including phenoxy) is 1. The van der Waals surface area contributed by atoms with Gasteiger partial charge in [0.1, 0.15) is 16.6 Å². The van der Waals surface area contributed by atoms with Crippen molar-refractivity contribution < 1.29 is 13.5 Å². The fourth-order valence-electron chi connectivity index (χ4n) is 6.62. The summed E-state index contributed by atoms with van der Waals surface area (Å²) in [6.07, 6.45) is 7.50. The standard InChI is InChI=1S/C28H27F2N7OS/c1-14-20(36-6-3-2-4-7-36)5-8-37(14)28-34-10-16-17-12-38-13-18(17)21(23(30)24(16)35-28)25-22-15(9-31)27(32)39-26(22)19(29)11-33-25/h10-11,14,20H,2-8,12-13,32H2,1H3/t14-,20-/m0/s1. The predicted molar refractivity (Wildman–Crippen MR) is 146 cm³/mol. The molecule has 200 valence electrons. The molecule has 2 N–H and O–H groups in total. The molecule has 4 aromatic rings. The van der Waals surface area contributed by atoms with Gasteiger partial charge in [0.25, 0.3) is 0 Å². The lowest BCUT2D eigenvalue weighted by molar-refractivity contribution is 0.135. The van der Waals surface area contributed by atoms with Gasteiger partial charge in [0.15, 0.2) is 11.6 Å². The number of piperidine rings is 1. The Hall–Kier alpha value is -3.46. The minimum Gasteiger partial charge on any atom is -0.389 e. The van der Waals surface area contributed by atoms with Crippen molar-refractivity contribution in [2.75, 3.05) is 30.3 Å². The molecule has 2 atom stereocenters. The van der Waals surface area contributed by atoms with Crippen LogP contribution in [0.1, 0.15) is 49.3 Å². The summed E-state index contributed by atoms with van der Waals surface area (Å²) in [7, 11) is 0. The van der Waals surface area contributed by atoms with Crippen molar-refractivity contribution in [3.63, 3.8) is 0 Å². The minimum absolute atomic E-state index is 0.0992. The number of nitrogen functional groups attached to an aromatic ring is 1. The Morgan fingerprint density at radius 3 is 2.69 bits per heavy atom. The Bertz CT molecular complexity index is 1680. The van der Waals surface area contributed by atoms with E-state index in [1.165, 1.54) is 19.3 Å². The van der Waals surface area contributed by atoms with E-state index in [1.807, 2.05) is 0 Å². The summed E-state index contributed by atoms with van der Waals surface area (Å²) in [5.74, 6) is -0.684. The van der Waals surface area contributed by atoms with Gasteiger partial charge in [-0.2, -0.15) is 5.26 Å². The Labute approximate surface area is 228 Å². The van der Waals surface area contributed by atoms with Crippen LogP contribution in [0.5, 0.6) is 0 Å². The first-order chi connectivity index (χ1) is 19.0. The maximum absolute atomic E-state index is 16.6. The summed E-state index contributed by atoms with van der Waals surface area (Å²) in [6, 6.07) is 2.67. The molecule has 0 unspecified atom stereocenters. The number of benzene rings is 1. The van der Waals surface area contributed by atoms with E-state index in [-0.39, 0.29) is 56.7 Å². The van der Waals surface area contributed by atoms with Gasteiger partial charge in [-0.05, 0) is 50.4 Å². The number of anilines is 2. The lowest BCUT2D eigenvalue weighted by Gasteiger charge is -2.35. The fraction of sp³-hybridized carbons (Fsp3) is 0.429. The molecule has 0 saturated carbocycles. The van der Waals surface area contributed by atoms with Crippen molar-refractivity contribution in [1.82, 2.24) is 19.9 Å². The molecule has 3 aromatic heterocycles. The van der Waals surface area contributed by atoms with E-state index in [2.05, 4.69) is 32.8 Å². The number of rotatable bonds is 3. The zero-order valence-corrected chi connectivity index (χ0v) is 22.3. The first-order valence-corrected chi connectivity index (χ1v) is 14.1. The Kier molecular flexibility index (Phi) is 5.88. The van der Waals surface area contributed by atoms with Crippen LogP contribution in [0.15, 0.2) is 12.4 Å². The highest BCUT2D eigenvalue weighted by atomic mass is 32.1. The van der Waals surface area contributed by atoms with E-state index in [1.54, 1.807) is 6.20 Å². The first-order valence-electron chi connectivity index (χ1n) is 13.3. The summed E-state index contributed by atoms with van der Waals surface area (Å²) in [5.41, 5.74) is 8.08. The van der Waals surface area contributed by atoms with Gasteiger partial charge < -0.3 is 15.4 Å². The molecule has 7 rings (SSSR count). The van der Waals surface area contributed by atoms with Gasteiger partial charge in [0, 0.05) is 41.2 Å². The van der Waals surface area contributed by atoms with E-state index >= 15 is 4.39 Å². The molecule has 0 radical (unpaired) electrons. The second kappa shape index (κ2) is 9.33. The third kappa shape index (κ3) is 3.69. The second-order valence-electron chi connectivity index (χ2n) is 10.6. The van der Waals surface area contributed by atoms with Crippen molar-refractivity contribution in [3.8, 4) is 17.3 Å². The van der Waals surface area contributed by atoms with Crippen molar-refractivity contribution in [3.05, 3.63) is 40.7 Å². The number of pyridine rings is 1. The van der Waals surface area contributed by atoms with Gasteiger partial charge >= 0.3 is 0 Å². The van der Waals surface area contributed by atoms with E-state index in [0.29, 0.717) is 22.9 Å². The summed E-state index contributed by atoms with van der Waals surface area (Å²) in [6.45, 7) is 5.67. The number of nitrogens with two attached hydrogens (primary N) is 1. The molecule has 1 aromatic carbocycles. The fourth-order valence-corrected chi connectivity index (χ4v) is 7.54. The zero-order valence-electron chi connectivity index (χ0n) is 21.5. The van der Waals surface area contributed by atoms with Gasteiger partial charge in [0.2, 0.25) is 5.95 Å². The number of fused-ring (bicyclic) bond motifs is 4. The maximum Gasteiger partial charge on any atom is 0.226 e. The molecule has 6 heterocycles. The molecule has 0 aliphatic carbocycles. The van der Waals surface area contributed by atoms with Crippen LogP contribution in [-0.4, -0.2) is 51.6 Å². The number of hydrogen-bond donors (Lipinski definition) is 1. The van der Waals surface area contributed by atoms with Gasteiger partial charge in [-0.1, -0.05) is 6.42 Å². The van der Waals surface area contributed by atoms with Gasteiger partial charge in [-0.25, -0.2) is 18.7 Å². The molecule has 8 nitrogen and oxygen atoms in total.